The summed E-state index contributed by atoms with van der Waals surface area (Å²) < 4.78 is 16.4. The van der Waals surface area contributed by atoms with Crippen molar-refractivity contribution in [2.24, 2.45) is 0 Å². The predicted octanol–water partition coefficient (Wildman–Crippen LogP) is 5.93. The highest BCUT2D eigenvalue weighted by Gasteiger charge is 2.28. The SMILES string of the molecule is COc1ccc(/C=C2/CCCc3c2nc2ccccc2c3C(=O)OCC(=O)[C@H](C#N)c2nc(C)cs2)cc1OC. The maximum absolute atomic E-state index is 13.6. The fraction of sp³-hybridized carbons (Fsp3) is 0.258. The number of benzene rings is 2. The van der Waals surface area contributed by atoms with Crippen LogP contribution in [-0.2, 0) is 16.0 Å². The number of Topliss-reactive ketones (excluding diaryl/α,β-unsaturated/α-hetero) is 1. The standard InChI is InChI=1S/C31H27N3O5S/c1-18-17-40-30(33-18)23(15-32)25(35)16-39-31(36)28-21-8-4-5-10-24(21)34-29-20(7-6-9-22(28)29)13-19-11-12-26(37-2)27(14-19)38-3/h4-5,8,10-14,17,23H,6-7,9,16H2,1-3H3/b20-13-/t23-/m0/s1. The van der Waals surface area contributed by atoms with Crippen LogP contribution < -0.4 is 9.47 Å². The number of fused-ring (bicyclic) bond motifs is 2. The first-order valence-corrected chi connectivity index (χ1v) is 13.7. The summed E-state index contributed by atoms with van der Waals surface area (Å²) in [6, 6.07) is 15.1. The zero-order valence-electron chi connectivity index (χ0n) is 22.4. The Labute approximate surface area is 235 Å². The molecule has 5 rings (SSSR count). The maximum Gasteiger partial charge on any atom is 0.339 e. The molecule has 1 aliphatic carbocycles. The molecule has 202 valence electrons. The van der Waals surface area contributed by atoms with E-state index in [2.05, 4.69) is 4.98 Å². The molecule has 2 aromatic heterocycles. The number of ketones is 1. The van der Waals surface area contributed by atoms with Crippen molar-refractivity contribution in [2.45, 2.75) is 32.1 Å². The number of ether oxygens (including phenoxy) is 3. The molecule has 0 spiro atoms. The Kier molecular flexibility index (Phi) is 7.89. The van der Waals surface area contributed by atoms with E-state index in [1.807, 2.05) is 54.6 Å². The van der Waals surface area contributed by atoms with Crippen molar-refractivity contribution in [1.29, 1.82) is 5.26 Å². The Balaban J connectivity index is 1.50. The van der Waals surface area contributed by atoms with Crippen molar-refractivity contribution >= 4 is 45.6 Å². The largest absolute Gasteiger partial charge is 0.493 e. The molecule has 1 atom stereocenters. The average molecular weight is 554 g/mol. The molecule has 9 heteroatoms. The molecule has 0 bridgehead atoms. The van der Waals surface area contributed by atoms with Gasteiger partial charge < -0.3 is 14.2 Å². The predicted molar refractivity (Wildman–Crippen MR) is 153 cm³/mol. The normalized spacial score (nSPS) is 14.3. The Morgan fingerprint density at radius 3 is 2.62 bits per heavy atom. The zero-order valence-corrected chi connectivity index (χ0v) is 23.2. The highest BCUT2D eigenvalue weighted by molar-refractivity contribution is 7.09. The summed E-state index contributed by atoms with van der Waals surface area (Å²) in [5.41, 5.74) is 5.25. The van der Waals surface area contributed by atoms with Gasteiger partial charge in [-0.2, -0.15) is 5.26 Å². The van der Waals surface area contributed by atoms with Gasteiger partial charge in [-0.15, -0.1) is 11.3 Å². The first-order chi connectivity index (χ1) is 19.4. The summed E-state index contributed by atoms with van der Waals surface area (Å²) in [5, 5.41) is 12.4. The molecular formula is C31H27N3O5S. The summed E-state index contributed by atoms with van der Waals surface area (Å²) in [6.07, 6.45) is 4.31. The third-order valence-corrected chi connectivity index (χ3v) is 7.83. The van der Waals surface area contributed by atoms with Crippen LogP contribution in [-0.4, -0.2) is 42.5 Å². The van der Waals surface area contributed by atoms with Gasteiger partial charge in [0.15, 0.2) is 29.8 Å². The van der Waals surface area contributed by atoms with E-state index in [1.165, 1.54) is 11.3 Å². The fourth-order valence-corrected chi connectivity index (χ4v) is 5.77. The molecule has 2 aromatic carbocycles. The topological polar surface area (TPSA) is 111 Å². The Bertz CT molecular complexity index is 1680. The van der Waals surface area contributed by atoms with Crippen molar-refractivity contribution in [2.75, 3.05) is 20.8 Å². The van der Waals surface area contributed by atoms with Gasteiger partial charge in [0.2, 0.25) is 0 Å². The number of aromatic nitrogens is 2. The van der Waals surface area contributed by atoms with Crippen molar-refractivity contribution < 1.29 is 23.8 Å². The van der Waals surface area contributed by atoms with Crippen LogP contribution >= 0.6 is 11.3 Å². The zero-order chi connectivity index (χ0) is 28.2. The van der Waals surface area contributed by atoms with Crippen LogP contribution in [0.1, 0.15) is 56.6 Å². The minimum Gasteiger partial charge on any atom is -0.493 e. The number of carbonyl (C=O) groups excluding carboxylic acids is 2. The van der Waals surface area contributed by atoms with Gasteiger partial charge in [-0.25, -0.2) is 14.8 Å². The van der Waals surface area contributed by atoms with Crippen LogP contribution in [0.2, 0.25) is 0 Å². The second kappa shape index (κ2) is 11.7. The van der Waals surface area contributed by atoms with Gasteiger partial charge in [-0.1, -0.05) is 24.3 Å². The number of methoxy groups -OCH3 is 2. The molecule has 8 nitrogen and oxygen atoms in total. The lowest BCUT2D eigenvalue weighted by Crippen LogP contribution is -2.21. The van der Waals surface area contributed by atoms with Crippen LogP contribution in [0, 0.1) is 18.3 Å². The summed E-state index contributed by atoms with van der Waals surface area (Å²) in [4.78, 5) is 35.6. The third-order valence-electron chi connectivity index (χ3n) is 6.80. The van der Waals surface area contributed by atoms with Crippen LogP contribution in [0.4, 0.5) is 0 Å². The van der Waals surface area contributed by atoms with Crippen molar-refractivity contribution in [1.82, 2.24) is 9.97 Å². The van der Waals surface area contributed by atoms with E-state index >= 15 is 0 Å². The monoisotopic (exact) mass is 553 g/mol. The second-order valence-electron chi connectivity index (χ2n) is 9.40. The van der Waals surface area contributed by atoms with E-state index < -0.39 is 24.3 Å². The number of aryl methyl sites for hydroxylation is 1. The van der Waals surface area contributed by atoms with Gasteiger partial charge in [0.1, 0.15) is 5.01 Å². The molecule has 0 saturated heterocycles. The molecule has 0 saturated carbocycles. The van der Waals surface area contributed by atoms with Gasteiger partial charge in [0.05, 0.1) is 37.1 Å². The van der Waals surface area contributed by atoms with E-state index in [9.17, 15) is 14.9 Å². The molecule has 0 amide bonds. The fourth-order valence-electron chi connectivity index (χ4n) is 4.91. The molecule has 0 radical (unpaired) electrons. The number of nitriles is 1. The maximum atomic E-state index is 13.6. The van der Waals surface area contributed by atoms with Gasteiger partial charge in [0, 0.05) is 16.5 Å². The highest BCUT2D eigenvalue weighted by atomic mass is 32.1. The third kappa shape index (κ3) is 5.31. The average Bonchev–Trinajstić information content (AvgIpc) is 3.40. The number of nitrogens with zero attached hydrogens (tertiary/aromatic N) is 3. The van der Waals surface area contributed by atoms with Gasteiger partial charge >= 0.3 is 5.97 Å². The van der Waals surface area contributed by atoms with Gasteiger partial charge in [-0.05, 0) is 67.2 Å². The summed E-state index contributed by atoms with van der Waals surface area (Å²) in [6.45, 7) is 1.28. The van der Waals surface area contributed by atoms with E-state index in [-0.39, 0.29) is 0 Å². The highest BCUT2D eigenvalue weighted by Crippen LogP contribution is 2.37. The number of carbonyl (C=O) groups is 2. The first kappa shape index (κ1) is 27.0. The molecule has 0 fully saturated rings. The number of hydrogen-bond donors (Lipinski definition) is 0. The van der Waals surface area contributed by atoms with Crippen LogP contribution in [0.3, 0.4) is 0 Å². The number of allylic oxidation sites excluding steroid dienone is 1. The minimum absolute atomic E-state index is 0.401. The molecule has 1 aliphatic rings. The molecule has 40 heavy (non-hydrogen) atoms. The van der Waals surface area contributed by atoms with Crippen LogP contribution in [0.25, 0.3) is 22.6 Å². The number of hydrogen-bond acceptors (Lipinski definition) is 9. The molecule has 4 aromatic rings. The Morgan fingerprint density at radius 1 is 1.10 bits per heavy atom. The lowest BCUT2D eigenvalue weighted by atomic mass is 9.86. The van der Waals surface area contributed by atoms with Crippen LogP contribution in [0.5, 0.6) is 11.5 Å². The smallest absolute Gasteiger partial charge is 0.339 e. The second-order valence-corrected chi connectivity index (χ2v) is 10.3. The van der Waals surface area contributed by atoms with E-state index in [0.29, 0.717) is 39.4 Å². The van der Waals surface area contributed by atoms with E-state index in [1.54, 1.807) is 26.5 Å². The van der Waals surface area contributed by atoms with E-state index in [4.69, 9.17) is 19.2 Å². The van der Waals surface area contributed by atoms with Crippen molar-refractivity contribution in [3.8, 4) is 17.6 Å². The summed E-state index contributed by atoms with van der Waals surface area (Å²) in [7, 11) is 3.19. The van der Waals surface area contributed by atoms with Crippen molar-refractivity contribution in [3.63, 3.8) is 0 Å². The molecule has 0 N–H and O–H groups in total. The quantitative estimate of drug-likeness (QED) is 0.247. The Hall–Kier alpha value is -4.55. The lowest BCUT2D eigenvalue weighted by Gasteiger charge is -2.22. The van der Waals surface area contributed by atoms with Gasteiger partial charge in [-0.3, -0.25) is 4.79 Å². The van der Waals surface area contributed by atoms with Gasteiger partial charge in [0.25, 0.3) is 0 Å². The number of para-hydroxylation sites is 1. The summed E-state index contributed by atoms with van der Waals surface area (Å²) in [5.74, 6) is -0.933. The number of pyridine rings is 1. The van der Waals surface area contributed by atoms with E-state index in [0.717, 1.165) is 40.9 Å². The molecular weight excluding hydrogens is 526 g/mol. The molecule has 0 aliphatic heterocycles. The summed E-state index contributed by atoms with van der Waals surface area (Å²) >= 11 is 1.24. The molecule has 0 unspecified atom stereocenters. The lowest BCUT2D eigenvalue weighted by molar-refractivity contribution is -0.122. The van der Waals surface area contributed by atoms with Crippen molar-refractivity contribution in [3.05, 3.63) is 80.9 Å². The minimum atomic E-state index is -1.08. The first-order valence-electron chi connectivity index (χ1n) is 12.8. The number of esters is 1. The van der Waals surface area contributed by atoms with Crippen LogP contribution in [0.15, 0.2) is 47.8 Å². The number of rotatable bonds is 8. The molecule has 2 heterocycles. The Morgan fingerprint density at radius 2 is 1.90 bits per heavy atom. The number of thiazole rings is 1.